The molecular weight excluding hydrogens is 235 g/mol. The summed E-state index contributed by atoms with van der Waals surface area (Å²) in [5.74, 6) is -0.280. The van der Waals surface area contributed by atoms with Gasteiger partial charge in [-0.2, -0.15) is 0 Å². The summed E-state index contributed by atoms with van der Waals surface area (Å²) in [4.78, 5) is 13.9. The lowest BCUT2D eigenvalue weighted by atomic mass is 10.1. The van der Waals surface area contributed by atoms with Crippen LogP contribution in [-0.2, 0) is 16.0 Å². The molecular formula is C13H17FN2O2. The normalized spacial score (nSPS) is 19.9. The summed E-state index contributed by atoms with van der Waals surface area (Å²) in [7, 11) is 0. The van der Waals surface area contributed by atoms with Gasteiger partial charge in [-0.3, -0.25) is 4.79 Å². The first-order chi connectivity index (χ1) is 8.70. The molecule has 0 aromatic heterocycles. The maximum Gasteiger partial charge on any atom is 0.227 e. The molecule has 1 aliphatic heterocycles. The molecule has 4 nitrogen and oxygen atoms in total. The molecule has 1 saturated heterocycles. The molecule has 1 unspecified atom stereocenters. The third-order valence-electron chi connectivity index (χ3n) is 3.09. The van der Waals surface area contributed by atoms with Gasteiger partial charge < -0.3 is 15.4 Å². The van der Waals surface area contributed by atoms with Crippen molar-refractivity contribution < 1.29 is 13.9 Å². The van der Waals surface area contributed by atoms with Gasteiger partial charge >= 0.3 is 0 Å². The van der Waals surface area contributed by atoms with Crippen LogP contribution < -0.4 is 5.73 Å². The Balaban J connectivity index is 2.00. The van der Waals surface area contributed by atoms with E-state index in [0.717, 1.165) is 5.56 Å². The molecule has 98 valence electrons. The van der Waals surface area contributed by atoms with Crippen LogP contribution in [0.15, 0.2) is 24.3 Å². The van der Waals surface area contributed by atoms with Crippen LogP contribution in [0.25, 0.3) is 0 Å². The summed E-state index contributed by atoms with van der Waals surface area (Å²) in [5, 5.41) is 0. The predicted molar refractivity (Wildman–Crippen MR) is 65.5 cm³/mol. The Morgan fingerprint density at radius 3 is 2.83 bits per heavy atom. The van der Waals surface area contributed by atoms with E-state index in [2.05, 4.69) is 0 Å². The molecule has 0 radical (unpaired) electrons. The second-order valence-corrected chi connectivity index (χ2v) is 4.35. The molecule has 1 aromatic carbocycles. The molecule has 1 amide bonds. The highest BCUT2D eigenvalue weighted by molar-refractivity contribution is 5.79. The Bertz CT molecular complexity index is 408. The SMILES string of the molecule is NCC1COCCN1C(=O)Cc1ccc(F)cc1. The monoisotopic (exact) mass is 252 g/mol. The molecule has 1 aromatic rings. The lowest BCUT2D eigenvalue weighted by Gasteiger charge is -2.35. The molecule has 0 bridgehead atoms. The number of amides is 1. The van der Waals surface area contributed by atoms with E-state index in [0.29, 0.717) is 26.3 Å². The van der Waals surface area contributed by atoms with Crippen molar-refractivity contribution in [3.05, 3.63) is 35.6 Å². The van der Waals surface area contributed by atoms with E-state index in [9.17, 15) is 9.18 Å². The van der Waals surface area contributed by atoms with Crippen molar-refractivity contribution in [1.82, 2.24) is 4.90 Å². The molecule has 0 saturated carbocycles. The van der Waals surface area contributed by atoms with E-state index in [1.807, 2.05) is 0 Å². The van der Waals surface area contributed by atoms with E-state index in [-0.39, 0.29) is 24.2 Å². The minimum absolute atomic E-state index is 0.0142. The first-order valence-corrected chi connectivity index (χ1v) is 6.02. The van der Waals surface area contributed by atoms with Gasteiger partial charge in [0.25, 0.3) is 0 Å². The second-order valence-electron chi connectivity index (χ2n) is 4.35. The zero-order chi connectivity index (χ0) is 13.0. The van der Waals surface area contributed by atoms with Crippen molar-refractivity contribution >= 4 is 5.91 Å². The Morgan fingerprint density at radius 2 is 2.17 bits per heavy atom. The fourth-order valence-corrected chi connectivity index (χ4v) is 2.06. The summed E-state index contributed by atoms with van der Waals surface area (Å²) in [6.07, 6.45) is 0.275. The highest BCUT2D eigenvalue weighted by atomic mass is 19.1. The molecule has 0 spiro atoms. The number of carbonyl (C=O) groups excluding carboxylic acids is 1. The van der Waals surface area contributed by atoms with Gasteiger partial charge in [-0.25, -0.2) is 4.39 Å². The zero-order valence-corrected chi connectivity index (χ0v) is 10.1. The Morgan fingerprint density at radius 1 is 1.44 bits per heavy atom. The fraction of sp³-hybridized carbons (Fsp3) is 0.462. The van der Waals surface area contributed by atoms with Gasteiger partial charge in [-0.15, -0.1) is 0 Å². The number of nitrogens with zero attached hydrogens (tertiary/aromatic N) is 1. The van der Waals surface area contributed by atoms with Crippen molar-refractivity contribution in [2.75, 3.05) is 26.3 Å². The summed E-state index contributed by atoms with van der Waals surface area (Å²) in [6.45, 7) is 2.01. The predicted octanol–water partition coefficient (Wildman–Crippen LogP) is 0.554. The van der Waals surface area contributed by atoms with Crippen LogP contribution in [0.3, 0.4) is 0 Å². The average molecular weight is 252 g/mol. The topological polar surface area (TPSA) is 55.6 Å². The Labute approximate surface area is 106 Å². The summed E-state index contributed by atoms with van der Waals surface area (Å²) in [6, 6.07) is 5.94. The fourth-order valence-electron chi connectivity index (χ4n) is 2.06. The maximum atomic E-state index is 12.8. The van der Waals surface area contributed by atoms with Crippen molar-refractivity contribution in [3.8, 4) is 0 Å². The van der Waals surface area contributed by atoms with Crippen LogP contribution >= 0.6 is 0 Å². The molecule has 1 heterocycles. The van der Waals surface area contributed by atoms with Crippen LogP contribution in [-0.4, -0.2) is 43.2 Å². The molecule has 1 aliphatic rings. The smallest absolute Gasteiger partial charge is 0.227 e. The maximum absolute atomic E-state index is 12.8. The number of hydrogen-bond acceptors (Lipinski definition) is 3. The van der Waals surface area contributed by atoms with Crippen LogP contribution in [0.4, 0.5) is 4.39 Å². The van der Waals surface area contributed by atoms with Crippen LogP contribution in [0.1, 0.15) is 5.56 Å². The van der Waals surface area contributed by atoms with Gasteiger partial charge in [-0.05, 0) is 17.7 Å². The largest absolute Gasteiger partial charge is 0.377 e. The van der Waals surface area contributed by atoms with Crippen molar-refractivity contribution in [3.63, 3.8) is 0 Å². The zero-order valence-electron chi connectivity index (χ0n) is 10.1. The number of carbonyl (C=O) groups is 1. The number of ether oxygens (including phenoxy) is 1. The van der Waals surface area contributed by atoms with Gasteiger partial charge in [0, 0.05) is 13.1 Å². The first-order valence-electron chi connectivity index (χ1n) is 6.02. The molecule has 0 aliphatic carbocycles. The van der Waals surface area contributed by atoms with Crippen LogP contribution in [0, 0.1) is 5.82 Å². The lowest BCUT2D eigenvalue weighted by molar-refractivity contribution is -0.138. The quantitative estimate of drug-likeness (QED) is 0.855. The van der Waals surface area contributed by atoms with Crippen molar-refractivity contribution in [2.24, 2.45) is 5.73 Å². The number of hydrogen-bond donors (Lipinski definition) is 1. The van der Waals surface area contributed by atoms with Crippen LogP contribution in [0.5, 0.6) is 0 Å². The molecule has 5 heteroatoms. The minimum Gasteiger partial charge on any atom is -0.377 e. The van der Waals surface area contributed by atoms with Crippen molar-refractivity contribution in [2.45, 2.75) is 12.5 Å². The first kappa shape index (κ1) is 13.0. The van der Waals surface area contributed by atoms with Gasteiger partial charge in [0.15, 0.2) is 0 Å². The second kappa shape index (κ2) is 5.93. The highest BCUT2D eigenvalue weighted by Crippen LogP contribution is 2.10. The van der Waals surface area contributed by atoms with Gasteiger partial charge in [0.2, 0.25) is 5.91 Å². The van der Waals surface area contributed by atoms with E-state index in [1.54, 1.807) is 17.0 Å². The highest BCUT2D eigenvalue weighted by Gasteiger charge is 2.25. The van der Waals surface area contributed by atoms with E-state index >= 15 is 0 Å². The molecule has 2 N–H and O–H groups in total. The van der Waals surface area contributed by atoms with Gasteiger partial charge in [0.1, 0.15) is 5.82 Å². The van der Waals surface area contributed by atoms with E-state index in [4.69, 9.17) is 10.5 Å². The molecule has 1 atom stereocenters. The standard InChI is InChI=1S/C13H17FN2O2/c14-11-3-1-10(2-4-11)7-13(17)16-5-6-18-9-12(16)8-15/h1-4,12H,5-9,15H2. The third kappa shape index (κ3) is 3.05. The Kier molecular flexibility index (Phi) is 4.28. The number of rotatable bonds is 3. The number of benzene rings is 1. The summed E-state index contributed by atoms with van der Waals surface area (Å²) < 4.78 is 18.1. The number of nitrogens with two attached hydrogens (primary N) is 1. The minimum atomic E-state index is -0.294. The lowest BCUT2D eigenvalue weighted by Crippen LogP contribution is -2.52. The summed E-state index contributed by atoms with van der Waals surface area (Å²) in [5.41, 5.74) is 6.43. The number of halogens is 1. The Hall–Kier alpha value is -1.46. The number of morpholine rings is 1. The van der Waals surface area contributed by atoms with E-state index < -0.39 is 0 Å². The van der Waals surface area contributed by atoms with E-state index in [1.165, 1.54) is 12.1 Å². The molecule has 2 rings (SSSR count). The molecule has 1 fully saturated rings. The van der Waals surface area contributed by atoms with Crippen LogP contribution in [0.2, 0.25) is 0 Å². The molecule has 18 heavy (non-hydrogen) atoms. The van der Waals surface area contributed by atoms with Gasteiger partial charge in [0.05, 0.1) is 25.7 Å². The third-order valence-corrected chi connectivity index (χ3v) is 3.09. The summed E-state index contributed by atoms with van der Waals surface area (Å²) >= 11 is 0. The average Bonchev–Trinajstić information content (AvgIpc) is 2.41. The van der Waals surface area contributed by atoms with Gasteiger partial charge in [-0.1, -0.05) is 12.1 Å². The van der Waals surface area contributed by atoms with Crippen molar-refractivity contribution in [1.29, 1.82) is 0 Å².